The second-order valence-electron chi connectivity index (χ2n) is 7.22. The Bertz CT molecular complexity index is 621. The van der Waals surface area contributed by atoms with E-state index in [1.165, 1.54) is 25.7 Å². The van der Waals surface area contributed by atoms with Gasteiger partial charge in [-0.1, -0.05) is 25.1 Å². The lowest BCUT2D eigenvalue weighted by Crippen LogP contribution is -2.52. The maximum atomic E-state index is 12.4. The van der Waals surface area contributed by atoms with Crippen LogP contribution in [0.15, 0.2) is 30.3 Å². The first-order valence-electron chi connectivity index (χ1n) is 9.43. The Labute approximate surface area is 159 Å². The smallest absolute Gasteiger partial charge is 0.414 e. The van der Waals surface area contributed by atoms with Crippen molar-refractivity contribution >= 4 is 17.8 Å². The third kappa shape index (κ3) is 6.36. The maximum absolute atomic E-state index is 12.4. The molecule has 7 heteroatoms. The van der Waals surface area contributed by atoms with Crippen molar-refractivity contribution < 1.29 is 24.6 Å². The van der Waals surface area contributed by atoms with Crippen molar-refractivity contribution in [2.75, 3.05) is 26.2 Å². The molecule has 148 valence electrons. The number of carbonyl (C=O) groups is 3. The summed E-state index contributed by atoms with van der Waals surface area (Å²) in [5.41, 5.74) is 0.817. The van der Waals surface area contributed by atoms with Gasteiger partial charge in [0.15, 0.2) is 0 Å². The predicted octanol–water partition coefficient (Wildman–Crippen LogP) is 2.18. The number of nitrogens with zero attached hydrogens (tertiary/aromatic N) is 2. The molecule has 7 nitrogen and oxygen atoms in total. The van der Waals surface area contributed by atoms with Gasteiger partial charge in [0, 0.05) is 37.8 Å². The third-order valence-electron chi connectivity index (χ3n) is 5.31. The summed E-state index contributed by atoms with van der Waals surface area (Å²) in [6.07, 6.45) is 5.42. The molecule has 0 radical (unpaired) electrons. The van der Waals surface area contributed by atoms with Gasteiger partial charge in [0.2, 0.25) is 0 Å². The fourth-order valence-electron chi connectivity index (χ4n) is 3.66. The topological polar surface area (TPSA) is 98.2 Å². The molecule has 0 bridgehead atoms. The van der Waals surface area contributed by atoms with Gasteiger partial charge >= 0.3 is 11.9 Å². The summed E-state index contributed by atoms with van der Waals surface area (Å²) in [5.74, 6) is -2.56. The van der Waals surface area contributed by atoms with E-state index in [1.807, 2.05) is 35.2 Å². The van der Waals surface area contributed by atoms with Gasteiger partial charge in [-0.05, 0) is 43.7 Å². The summed E-state index contributed by atoms with van der Waals surface area (Å²) in [6, 6.07) is 10.4. The third-order valence-corrected chi connectivity index (χ3v) is 5.31. The number of carboxylic acid groups (broad SMARTS) is 2. The van der Waals surface area contributed by atoms with E-state index < -0.39 is 11.9 Å². The molecule has 3 rings (SSSR count). The lowest BCUT2D eigenvalue weighted by Gasteiger charge is -2.41. The number of aliphatic carboxylic acids is 2. The Balaban J connectivity index is 0.000000380. The quantitative estimate of drug-likeness (QED) is 0.768. The first-order chi connectivity index (χ1) is 12.9. The van der Waals surface area contributed by atoms with E-state index in [0.717, 1.165) is 43.7 Å². The second-order valence-corrected chi connectivity index (χ2v) is 7.22. The molecule has 1 saturated heterocycles. The van der Waals surface area contributed by atoms with Crippen LogP contribution >= 0.6 is 0 Å². The van der Waals surface area contributed by atoms with Gasteiger partial charge in [-0.3, -0.25) is 9.69 Å². The molecule has 0 unspecified atom stereocenters. The molecular formula is C20H28N2O5. The highest BCUT2D eigenvalue weighted by atomic mass is 16.4. The molecule has 2 N–H and O–H groups in total. The van der Waals surface area contributed by atoms with Crippen LogP contribution in [0.1, 0.15) is 43.0 Å². The predicted molar refractivity (Wildman–Crippen MR) is 101 cm³/mol. The highest BCUT2D eigenvalue weighted by Crippen LogP contribution is 2.27. The van der Waals surface area contributed by atoms with Crippen LogP contribution in [0.25, 0.3) is 0 Å². The van der Waals surface area contributed by atoms with Gasteiger partial charge < -0.3 is 15.1 Å². The molecule has 1 saturated carbocycles. The zero-order valence-corrected chi connectivity index (χ0v) is 15.7. The van der Waals surface area contributed by atoms with Gasteiger partial charge in [-0.25, -0.2) is 9.59 Å². The minimum atomic E-state index is -1.82. The van der Waals surface area contributed by atoms with E-state index in [2.05, 4.69) is 11.8 Å². The number of hydrogen-bond acceptors (Lipinski definition) is 4. The normalized spacial score (nSPS) is 23.1. The number of hydrogen-bond donors (Lipinski definition) is 2. The van der Waals surface area contributed by atoms with E-state index in [-0.39, 0.29) is 5.91 Å². The Morgan fingerprint density at radius 3 is 1.85 bits per heavy atom. The van der Waals surface area contributed by atoms with Crippen molar-refractivity contribution in [2.45, 2.75) is 38.6 Å². The van der Waals surface area contributed by atoms with E-state index in [4.69, 9.17) is 19.8 Å². The van der Waals surface area contributed by atoms with Crippen LogP contribution in [0, 0.1) is 5.92 Å². The molecule has 0 spiro atoms. The van der Waals surface area contributed by atoms with E-state index in [9.17, 15) is 4.79 Å². The Morgan fingerprint density at radius 1 is 0.852 bits per heavy atom. The zero-order valence-electron chi connectivity index (χ0n) is 15.7. The number of carbonyl (C=O) groups excluding carboxylic acids is 1. The molecule has 1 heterocycles. The highest BCUT2D eigenvalue weighted by molar-refractivity contribution is 6.27. The summed E-state index contributed by atoms with van der Waals surface area (Å²) in [4.78, 5) is 35.3. The summed E-state index contributed by atoms with van der Waals surface area (Å²) in [5, 5.41) is 14.8. The van der Waals surface area contributed by atoms with Gasteiger partial charge in [0.1, 0.15) is 0 Å². The summed E-state index contributed by atoms with van der Waals surface area (Å²) in [7, 11) is 0. The first kappa shape index (κ1) is 20.9. The maximum Gasteiger partial charge on any atom is 0.414 e. The Hall–Kier alpha value is -2.41. The van der Waals surface area contributed by atoms with Crippen molar-refractivity contribution in [3.8, 4) is 0 Å². The molecule has 1 amide bonds. The lowest BCUT2D eigenvalue weighted by molar-refractivity contribution is -0.159. The Kier molecular flexibility index (Phi) is 7.79. The fraction of sp³-hybridized carbons (Fsp3) is 0.550. The lowest BCUT2D eigenvalue weighted by atomic mass is 9.86. The molecule has 27 heavy (non-hydrogen) atoms. The minimum absolute atomic E-state index is 0.188. The summed E-state index contributed by atoms with van der Waals surface area (Å²) >= 11 is 0. The molecule has 0 aromatic heterocycles. The minimum Gasteiger partial charge on any atom is -0.473 e. The van der Waals surface area contributed by atoms with Crippen molar-refractivity contribution in [1.29, 1.82) is 0 Å². The standard InChI is InChI=1S/C18H26N2O.C2H2O4/c1-15-7-9-17(10-8-15)19-11-13-20(14-12-19)18(21)16-5-3-2-4-6-16;3-1(4)2(5)6/h2-6,15,17H,7-14H2,1H3;(H,3,4)(H,5,6). The molecular weight excluding hydrogens is 348 g/mol. The van der Waals surface area contributed by atoms with Crippen LogP contribution in [0.3, 0.4) is 0 Å². The largest absolute Gasteiger partial charge is 0.473 e. The number of carboxylic acids is 2. The van der Waals surface area contributed by atoms with Gasteiger partial charge in [0.05, 0.1) is 0 Å². The van der Waals surface area contributed by atoms with Gasteiger partial charge in [-0.15, -0.1) is 0 Å². The number of amides is 1. The monoisotopic (exact) mass is 376 g/mol. The molecule has 1 aromatic carbocycles. The Morgan fingerprint density at radius 2 is 1.37 bits per heavy atom. The molecule has 1 aliphatic carbocycles. The molecule has 1 aromatic rings. The van der Waals surface area contributed by atoms with Crippen LogP contribution in [-0.2, 0) is 9.59 Å². The van der Waals surface area contributed by atoms with Crippen LogP contribution in [0.5, 0.6) is 0 Å². The van der Waals surface area contributed by atoms with Crippen molar-refractivity contribution in [2.24, 2.45) is 5.92 Å². The van der Waals surface area contributed by atoms with E-state index in [1.54, 1.807) is 0 Å². The SMILES string of the molecule is CC1CCC(N2CCN(C(=O)c3ccccc3)CC2)CC1.O=C(O)C(=O)O. The zero-order chi connectivity index (χ0) is 19.8. The molecule has 1 aliphatic heterocycles. The molecule has 2 fully saturated rings. The van der Waals surface area contributed by atoms with Crippen molar-refractivity contribution in [1.82, 2.24) is 9.80 Å². The fourth-order valence-corrected chi connectivity index (χ4v) is 3.66. The summed E-state index contributed by atoms with van der Waals surface area (Å²) in [6.45, 7) is 6.20. The number of piperazine rings is 1. The second kappa shape index (κ2) is 10.1. The van der Waals surface area contributed by atoms with Gasteiger partial charge in [0.25, 0.3) is 5.91 Å². The van der Waals surface area contributed by atoms with E-state index >= 15 is 0 Å². The average molecular weight is 376 g/mol. The number of benzene rings is 1. The molecule has 0 atom stereocenters. The van der Waals surface area contributed by atoms with Crippen molar-refractivity contribution in [3.05, 3.63) is 35.9 Å². The van der Waals surface area contributed by atoms with Gasteiger partial charge in [-0.2, -0.15) is 0 Å². The first-order valence-corrected chi connectivity index (χ1v) is 9.43. The average Bonchev–Trinajstić information content (AvgIpc) is 2.69. The molecule has 2 aliphatic rings. The van der Waals surface area contributed by atoms with Crippen LogP contribution < -0.4 is 0 Å². The summed E-state index contributed by atoms with van der Waals surface area (Å²) < 4.78 is 0. The highest BCUT2D eigenvalue weighted by Gasteiger charge is 2.28. The van der Waals surface area contributed by atoms with Crippen LogP contribution in [0.4, 0.5) is 0 Å². The van der Waals surface area contributed by atoms with Crippen molar-refractivity contribution in [3.63, 3.8) is 0 Å². The van der Waals surface area contributed by atoms with E-state index in [0.29, 0.717) is 0 Å². The van der Waals surface area contributed by atoms with Crippen LogP contribution in [-0.4, -0.2) is 70.1 Å². The van der Waals surface area contributed by atoms with Crippen LogP contribution in [0.2, 0.25) is 0 Å². The number of rotatable bonds is 2.